The zero-order chi connectivity index (χ0) is 40.4. The van der Waals surface area contributed by atoms with Crippen LogP contribution in [0.3, 0.4) is 0 Å². The second-order valence-corrected chi connectivity index (χ2v) is 15.9. The topological polar surface area (TPSA) is 111 Å². The largest absolute Gasteiger partial charge is 0.464 e. The minimum Gasteiger partial charge on any atom is -0.464 e. The van der Waals surface area contributed by atoms with E-state index in [1.54, 1.807) is 9.80 Å². The van der Waals surface area contributed by atoms with Crippen LogP contribution in [0.2, 0.25) is 0 Å². The molecular formula is C46H76N2O8. The second-order valence-electron chi connectivity index (χ2n) is 15.9. The van der Waals surface area contributed by atoms with Gasteiger partial charge in [0.1, 0.15) is 0 Å². The molecule has 0 unspecified atom stereocenters. The van der Waals surface area contributed by atoms with Gasteiger partial charge in [0.25, 0.3) is 0 Å². The molecule has 2 fully saturated rings. The van der Waals surface area contributed by atoms with Gasteiger partial charge in [0, 0.05) is 11.4 Å². The number of carbonyl (C=O) groups is 4. The predicted octanol–water partition coefficient (Wildman–Crippen LogP) is 10.4. The summed E-state index contributed by atoms with van der Waals surface area (Å²) in [5, 5.41) is 0. The molecule has 0 N–H and O–H groups in total. The first kappa shape index (κ1) is 47.1. The molecule has 0 aromatic heterocycles. The maximum absolute atomic E-state index is 13.3. The van der Waals surface area contributed by atoms with Gasteiger partial charge in [-0.25, -0.2) is 19.2 Å². The molecule has 10 heteroatoms. The molecule has 2 aliphatic rings. The van der Waals surface area contributed by atoms with Gasteiger partial charge in [0.2, 0.25) is 0 Å². The van der Waals surface area contributed by atoms with Crippen molar-refractivity contribution in [3.05, 3.63) is 24.3 Å². The highest BCUT2D eigenvalue weighted by atomic mass is 16.6. The first-order valence-corrected chi connectivity index (χ1v) is 22.7. The third-order valence-corrected chi connectivity index (χ3v) is 11.0. The van der Waals surface area contributed by atoms with Gasteiger partial charge in [-0.3, -0.25) is 0 Å². The molecule has 3 rings (SSSR count). The summed E-state index contributed by atoms with van der Waals surface area (Å²) >= 11 is 0. The first-order chi connectivity index (χ1) is 27.4. The Labute approximate surface area is 339 Å². The molecule has 318 valence electrons. The zero-order valence-corrected chi connectivity index (χ0v) is 35.6. The minimum absolute atomic E-state index is 0.329. The van der Waals surface area contributed by atoms with Gasteiger partial charge in [0.05, 0.1) is 26.4 Å². The van der Waals surface area contributed by atoms with Crippen molar-refractivity contribution < 1.29 is 38.1 Å². The van der Waals surface area contributed by atoms with E-state index in [9.17, 15) is 19.2 Å². The molecule has 0 saturated carbocycles. The molecule has 0 spiro atoms. The fourth-order valence-electron chi connectivity index (χ4n) is 7.43. The van der Waals surface area contributed by atoms with E-state index in [0.717, 1.165) is 77.0 Å². The molecule has 0 bridgehead atoms. The van der Waals surface area contributed by atoms with Crippen molar-refractivity contribution in [2.24, 2.45) is 0 Å². The number of carbonyl (C=O) groups excluding carboxylic acids is 4. The number of esters is 4. The molecule has 2 aliphatic heterocycles. The minimum atomic E-state index is -0.756. The summed E-state index contributed by atoms with van der Waals surface area (Å²) in [7, 11) is 0. The maximum atomic E-state index is 13.3. The van der Waals surface area contributed by atoms with E-state index >= 15 is 0 Å². The fraction of sp³-hybridized carbons (Fsp3) is 0.783. The molecule has 1 aromatic carbocycles. The molecule has 1 aromatic rings. The lowest BCUT2D eigenvalue weighted by atomic mass is 10.1. The summed E-state index contributed by atoms with van der Waals surface area (Å²) in [4.78, 5) is 56.7. The van der Waals surface area contributed by atoms with E-state index in [0.29, 0.717) is 37.8 Å². The number of ether oxygens (including phenoxy) is 4. The van der Waals surface area contributed by atoms with E-state index in [1.165, 1.54) is 77.0 Å². The van der Waals surface area contributed by atoms with Gasteiger partial charge in [-0.1, -0.05) is 156 Å². The van der Waals surface area contributed by atoms with E-state index in [4.69, 9.17) is 18.9 Å². The number of nitrogens with zero attached hydrogens (tertiary/aromatic N) is 2. The Morgan fingerprint density at radius 1 is 0.357 bits per heavy atom. The number of hydrogen-bond acceptors (Lipinski definition) is 10. The molecule has 56 heavy (non-hydrogen) atoms. The number of benzene rings is 1. The number of rotatable bonds is 34. The molecule has 4 atom stereocenters. The van der Waals surface area contributed by atoms with Crippen LogP contribution in [0, 0.1) is 0 Å². The Morgan fingerprint density at radius 2 is 0.554 bits per heavy atom. The van der Waals surface area contributed by atoms with Crippen LogP contribution in [0.25, 0.3) is 0 Å². The average molecular weight is 785 g/mol. The third kappa shape index (κ3) is 16.7. The summed E-state index contributed by atoms with van der Waals surface area (Å²) < 4.78 is 22.7. The van der Waals surface area contributed by atoms with Gasteiger partial charge in [-0.2, -0.15) is 0 Å². The number of anilines is 2. The van der Waals surface area contributed by atoms with Crippen LogP contribution in [0.1, 0.15) is 182 Å². The quantitative estimate of drug-likeness (QED) is 0.0290. The Morgan fingerprint density at radius 3 is 0.768 bits per heavy atom. The molecule has 0 aliphatic carbocycles. The molecule has 10 nitrogen and oxygen atoms in total. The monoisotopic (exact) mass is 785 g/mol. The Bertz CT molecular complexity index is 1090. The second kappa shape index (κ2) is 28.2. The van der Waals surface area contributed by atoms with Crippen LogP contribution in [-0.2, 0) is 38.1 Å². The van der Waals surface area contributed by atoms with Crippen LogP contribution in [0.15, 0.2) is 24.3 Å². The molecule has 0 radical (unpaired) electrons. The van der Waals surface area contributed by atoms with E-state index < -0.39 is 48.0 Å². The molecule has 0 amide bonds. The first-order valence-electron chi connectivity index (χ1n) is 22.7. The van der Waals surface area contributed by atoms with Crippen molar-refractivity contribution in [3.63, 3.8) is 0 Å². The molecular weight excluding hydrogens is 709 g/mol. The van der Waals surface area contributed by atoms with Crippen LogP contribution in [-0.4, -0.2) is 74.5 Å². The van der Waals surface area contributed by atoms with Crippen molar-refractivity contribution in [2.45, 2.75) is 206 Å². The maximum Gasteiger partial charge on any atom is 0.331 e. The molecule has 2 heterocycles. The highest BCUT2D eigenvalue weighted by molar-refractivity contribution is 6.02. The van der Waals surface area contributed by atoms with Crippen LogP contribution >= 0.6 is 0 Å². The van der Waals surface area contributed by atoms with Gasteiger partial charge in [-0.15, -0.1) is 0 Å². The van der Waals surface area contributed by atoms with Crippen molar-refractivity contribution in [1.82, 2.24) is 0 Å². The lowest BCUT2D eigenvalue weighted by Crippen LogP contribution is -2.21. The summed E-state index contributed by atoms with van der Waals surface area (Å²) in [6, 6.07) is 4.25. The van der Waals surface area contributed by atoms with Gasteiger partial charge >= 0.3 is 23.9 Å². The summed E-state index contributed by atoms with van der Waals surface area (Å²) in [5.74, 6) is -1.68. The van der Waals surface area contributed by atoms with Crippen molar-refractivity contribution in [3.8, 4) is 0 Å². The SMILES string of the molecule is CCCCCCCCOC(=O)[C@@H]1[C@H](C(=O)OCCCCCCCC)N1c1ccc(N2[C@@H](C(=O)OCCCCCCCC)[C@@H]2C(=O)OCCCCCCCC)cc1. The summed E-state index contributed by atoms with van der Waals surface area (Å²) in [6.07, 6.45) is 26.0. The van der Waals surface area contributed by atoms with Crippen molar-refractivity contribution >= 4 is 35.3 Å². The Kier molecular flexibility index (Phi) is 23.7. The number of unbranched alkanes of at least 4 members (excludes halogenated alkanes) is 20. The zero-order valence-electron chi connectivity index (χ0n) is 35.6. The summed E-state index contributed by atoms with van der Waals surface area (Å²) in [5.41, 5.74) is 1.34. The van der Waals surface area contributed by atoms with Gasteiger partial charge in [0.15, 0.2) is 24.2 Å². The van der Waals surface area contributed by atoms with Crippen molar-refractivity contribution in [1.29, 1.82) is 0 Å². The van der Waals surface area contributed by atoms with Crippen LogP contribution in [0.5, 0.6) is 0 Å². The normalized spacial score (nSPS) is 18.4. The predicted molar refractivity (Wildman–Crippen MR) is 224 cm³/mol. The van der Waals surface area contributed by atoms with E-state index in [-0.39, 0.29) is 0 Å². The van der Waals surface area contributed by atoms with Gasteiger partial charge in [-0.05, 0) is 49.9 Å². The van der Waals surface area contributed by atoms with E-state index in [1.807, 2.05) is 24.3 Å². The van der Waals surface area contributed by atoms with Crippen LogP contribution in [0.4, 0.5) is 11.4 Å². The van der Waals surface area contributed by atoms with Gasteiger partial charge < -0.3 is 28.7 Å². The van der Waals surface area contributed by atoms with Crippen LogP contribution < -0.4 is 9.80 Å². The van der Waals surface area contributed by atoms with Crippen molar-refractivity contribution in [2.75, 3.05) is 36.2 Å². The highest BCUT2D eigenvalue weighted by Gasteiger charge is 2.61. The third-order valence-electron chi connectivity index (χ3n) is 11.0. The standard InChI is InChI=1S/C46H76N2O8/c1-5-9-13-17-21-25-33-53-43(49)39-40(44(50)54-34-26-22-18-14-10-6-2)47(39)37-29-31-38(32-30-37)48-41(45(51)55-35-27-23-19-15-11-7-3)42(48)46(52)56-36-28-24-20-16-12-8-4/h29-32,39-42H,5-28,33-36H2,1-4H3/t39-,40-,41-,42+,48?/m1/s1. The highest BCUT2D eigenvalue weighted by Crippen LogP contribution is 2.41. The molecule has 2 saturated heterocycles. The average Bonchev–Trinajstić information content (AvgIpc) is 4.13. The lowest BCUT2D eigenvalue weighted by Gasteiger charge is -2.11. The number of hydrogen-bond donors (Lipinski definition) is 0. The smallest absolute Gasteiger partial charge is 0.331 e. The summed E-state index contributed by atoms with van der Waals surface area (Å²) in [6.45, 7) is 10.1. The Hall–Kier alpha value is -3.30. The van der Waals surface area contributed by atoms with E-state index in [2.05, 4.69) is 27.7 Å². The Balaban J connectivity index is 1.64. The lowest BCUT2D eigenvalue weighted by molar-refractivity contribution is -0.147. The fourth-order valence-corrected chi connectivity index (χ4v) is 7.43.